The van der Waals surface area contributed by atoms with Crippen LogP contribution in [-0.2, 0) is 0 Å². The van der Waals surface area contributed by atoms with Gasteiger partial charge in [-0.15, -0.1) is 0 Å². The standard InChI is InChI=1S/C16H29BN2O4/c1-19(10-8-14(18)6-2-3-9-17(22)23)12-16(21)13-5-4-7-15(20)11-13/h4-5,7,11,14,16,20-23H,2-3,6,8-10,12,18H2,1H3/t14?,16-/m1/s1. The highest BCUT2D eigenvalue weighted by Gasteiger charge is 2.13. The van der Waals surface area contributed by atoms with Crippen molar-refractivity contribution in [1.29, 1.82) is 0 Å². The third-order valence-corrected chi connectivity index (χ3v) is 3.91. The Morgan fingerprint density at radius 2 is 1.96 bits per heavy atom. The topological polar surface area (TPSA) is 110 Å². The van der Waals surface area contributed by atoms with Crippen molar-refractivity contribution in [3.63, 3.8) is 0 Å². The van der Waals surface area contributed by atoms with Crippen LogP contribution in [-0.4, -0.2) is 58.5 Å². The van der Waals surface area contributed by atoms with Gasteiger partial charge in [-0.05, 0) is 50.5 Å². The van der Waals surface area contributed by atoms with Crippen LogP contribution >= 0.6 is 0 Å². The van der Waals surface area contributed by atoms with Crippen LogP contribution in [0.25, 0.3) is 0 Å². The van der Waals surface area contributed by atoms with Crippen molar-refractivity contribution < 1.29 is 20.3 Å². The molecule has 0 bridgehead atoms. The molecule has 6 nitrogen and oxygen atoms in total. The first-order valence-corrected chi connectivity index (χ1v) is 8.15. The monoisotopic (exact) mass is 324 g/mol. The van der Waals surface area contributed by atoms with E-state index in [4.69, 9.17) is 15.8 Å². The SMILES string of the molecule is CN(CCC(N)CCCCB(O)O)C[C@@H](O)c1cccc(O)c1. The molecule has 1 unspecified atom stereocenters. The Morgan fingerprint density at radius 3 is 2.61 bits per heavy atom. The van der Waals surface area contributed by atoms with Gasteiger partial charge in [0, 0.05) is 12.6 Å². The van der Waals surface area contributed by atoms with Gasteiger partial charge in [-0.25, -0.2) is 0 Å². The molecule has 0 saturated heterocycles. The molecule has 7 heteroatoms. The van der Waals surface area contributed by atoms with Crippen LogP contribution in [0.15, 0.2) is 24.3 Å². The first-order chi connectivity index (χ1) is 10.9. The van der Waals surface area contributed by atoms with Gasteiger partial charge in [-0.3, -0.25) is 0 Å². The lowest BCUT2D eigenvalue weighted by atomic mass is 9.83. The number of aliphatic hydroxyl groups is 1. The number of likely N-dealkylation sites (N-methyl/N-ethyl adjacent to an activating group) is 1. The molecule has 0 fully saturated rings. The molecule has 0 aliphatic rings. The van der Waals surface area contributed by atoms with Crippen molar-refractivity contribution in [2.45, 2.75) is 44.1 Å². The zero-order chi connectivity index (χ0) is 17.2. The molecule has 130 valence electrons. The van der Waals surface area contributed by atoms with Crippen molar-refractivity contribution in [2.24, 2.45) is 5.73 Å². The van der Waals surface area contributed by atoms with Gasteiger partial charge >= 0.3 is 7.12 Å². The highest BCUT2D eigenvalue weighted by Crippen LogP contribution is 2.19. The molecule has 2 atom stereocenters. The molecule has 1 aromatic rings. The Labute approximate surface area is 138 Å². The van der Waals surface area contributed by atoms with E-state index in [1.165, 1.54) is 0 Å². The maximum Gasteiger partial charge on any atom is 0.451 e. The molecule has 1 rings (SSSR count). The Morgan fingerprint density at radius 1 is 1.22 bits per heavy atom. The number of nitrogens with zero attached hydrogens (tertiary/aromatic N) is 1. The molecule has 0 aliphatic carbocycles. The molecule has 0 aromatic heterocycles. The van der Waals surface area contributed by atoms with Crippen LogP contribution in [0.5, 0.6) is 5.75 Å². The summed E-state index contributed by atoms with van der Waals surface area (Å²) in [5.41, 5.74) is 6.75. The third kappa shape index (κ3) is 8.93. The summed E-state index contributed by atoms with van der Waals surface area (Å²) in [4.78, 5) is 2.02. The van der Waals surface area contributed by atoms with Crippen LogP contribution in [0.2, 0.25) is 6.32 Å². The predicted octanol–water partition coefficient (Wildman–Crippen LogP) is 0.718. The number of hydrogen-bond donors (Lipinski definition) is 5. The van der Waals surface area contributed by atoms with Crippen LogP contribution in [0.4, 0.5) is 0 Å². The Hall–Kier alpha value is -1.12. The first-order valence-electron chi connectivity index (χ1n) is 8.15. The minimum Gasteiger partial charge on any atom is -0.508 e. The fourth-order valence-corrected chi connectivity index (χ4v) is 2.49. The number of phenols is 1. The Bertz CT molecular complexity index is 448. The maximum atomic E-state index is 10.2. The van der Waals surface area contributed by atoms with E-state index in [9.17, 15) is 10.2 Å². The van der Waals surface area contributed by atoms with Gasteiger partial charge in [0.1, 0.15) is 5.75 Å². The average Bonchev–Trinajstić information content (AvgIpc) is 2.49. The number of nitrogens with two attached hydrogens (primary N) is 1. The van der Waals surface area contributed by atoms with Crippen molar-refractivity contribution in [1.82, 2.24) is 4.90 Å². The van der Waals surface area contributed by atoms with Gasteiger partial charge in [-0.1, -0.05) is 25.0 Å². The predicted molar refractivity (Wildman–Crippen MR) is 92.0 cm³/mol. The number of phenolic OH excluding ortho intramolecular Hbond substituents is 1. The van der Waals surface area contributed by atoms with E-state index in [0.717, 1.165) is 32.2 Å². The van der Waals surface area contributed by atoms with E-state index < -0.39 is 13.2 Å². The summed E-state index contributed by atoms with van der Waals surface area (Å²) in [5.74, 6) is 0.152. The van der Waals surface area contributed by atoms with Gasteiger partial charge in [0.15, 0.2) is 0 Å². The second kappa shape index (κ2) is 10.6. The van der Waals surface area contributed by atoms with Crippen molar-refractivity contribution in [2.75, 3.05) is 20.1 Å². The van der Waals surface area contributed by atoms with E-state index in [0.29, 0.717) is 18.4 Å². The highest BCUT2D eigenvalue weighted by molar-refractivity contribution is 6.40. The molecule has 0 spiro atoms. The number of benzene rings is 1. The third-order valence-electron chi connectivity index (χ3n) is 3.91. The Balaban J connectivity index is 2.21. The molecule has 0 amide bonds. The van der Waals surface area contributed by atoms with Crippen molar-refractivity contribution in [3.8, 4) is 5.75 Å². The number of aromatic hydroxyl groups is 1. The quantitative estimate of drug-likeness (QED) is 0.303. The summed E-state index contributed by atoms with van der Waals surface area (Å²) >= 11 is 0. The smallest absolute Gasteiger partial charge is 0.451 e. The molecular formula is C16H29BN2O4. The van der Waals surface area contributed by atoms with E-state index in [2.05, 4.69) is 0 Å². The minimum absolute atomic E-state index is 0.0752. The molecule has 0 heterocycles. The number of aliphatic hydroxyl groups excluding tert-OH is 1. The first kappa shape index (κ1) is 19.9. The molecule has 23 heavy (non-hydrogen) atoms. The number of rotatable bonds is 11. The second-order valence-electron chi connectivity index (χ2n) is 6.19. The van der Waals surface area contributed by atoms with Gasteiger partial charge < -0.3 is 30.9 Å². The average molecular weight is 324 g/mol. The van der Waals surface area contributed by atoms with Crippen LogP contribution < -0.4 is 5.73 Å². The van der Waals surface area contributed by atoms with E-state index in [1.54, 1.807) is 24.3 Å². The summed E-state index contributed by atoms with van der Waals surface area (Å²) < 4.78 is 0. The van der Waals surface area contributed by atoms with Crippen LogP contribution in [0.1, 0.15) is 37.4 Å². The summed E-state index contributed by atoms with van der Waals surface area (Å²) in [5, 5.41) is 37.1. The van der Waals surface area contributed by atoms with E-state index in [1.807, 2.05) is 11.9 Å². The Kier molecular flexibility index (Phi) is 9.20. The molecular weight excluding hydrogens is 295 g/mol. The van der Waals surface area contributed by atoms with Crippen molar-refractivity contribution in [3.05, 3.63) is 29.8 Å². The van der Waals surface area contributed by atoms with Crippen LogP contribution in [0, 0.1) is 0 Å². The minimum atomic E-state index is -1.23. The van der Waals surface area contributed by atoms with Crippen molar-refractivity contribution >= 4 is 7.12 Å². The van der Waals surface area contributed by atoms with Gasteiger partial charge in [0.05, 0.1) is 6.10 Å². The van der Waals surface area contributed by atoms with Gasteiger partial charge in [-0.2, -0.15) is 0 Å². The number of hydrogen-bond acceptors (Lipinski definition) is 6. The molecule has 1 aromatic carbocycles. The lowest BCUT2D eigenvalue weighted by Gasteiger charge is -2.22. The van der Waals surface area contributed by atoms with Crippen LogP contribution in [0.3, 0.4) is 0 Å². The second-order valence-corrected chi connectivity index (χ2v) is 6.19. The zero-order valence-corrected chi connectivity index (χ0v) is 13.8. The zero-order valence-electron chi connectivity index (χ0n) is 13.8. The molecule has 6 N–H and O–H groups in total. The molecule has 0 radical (unpaired) electrons. The fraction of sp³-hybridized carbons (Fsp3) is 0.625. The summed E-state index contributed by atoms with van der Waals surface area (Å²) in [6.45, 7) is 1.26. The summed E-state index contributed by atoms with van der Waals surface area (Å²) in [6, 6.07) is 6.73. The molecule has 0 saturated carbocycles. The van der Waals surface area contributed by atoms with E-state index in [-0.39, 0.29) is 11.8 Å². The van der Waals surface area contributed by atoms with E-state index >= 15 is 0 Å². The normalized spacial score (nSPS) is 14.0. The summed E-state index contributed by atoms with van der Waals surface area (Å²) in [7, 11) is 0.706. The lowest BCUT2D eigenvalue weighted by Crippen LogP contribution is -2.31. The fourth-order valence-electron chi connectivity index (χ4n) is 2.49. The van der Waals surface area contributed by atoms with Gasteiger partial charge in [0.2, 0.25) is 0 Å². The maximum absolute atomic E-state index is 10.2. The largest absolute Gasteiger partial charge is 0.508 e. The highest BCUT2D eigenvalue weighted by atomic mass is 16.4. The summed E-state index contributed by atoms with van der Waals surface area (Å²) in [6.07, 6.45) is 3.07. The molecule has 0 aliphatic heterocycles. The van der Waals surface area contributed by atoms with Gasteiger partial charge in [0.25, 0.3) is 0 Å². The lowest BCUT2D eigenvalue weighted by molar-refractivity contribution is 0.125. The number of unbranched alkanes of at least 4 members (excludes halogenated alkanes) is 1.